The van der Waals surface area contributed by atoms with Crippen molar-refractivity contribution in [2.24, 2.45) is 0 Å². The van der Waals surface area contributed by atoms with E-state index < -0.39 is 5.92 Å². The molecular formula is C29H31N7O2. The van der Waals surface area contributed by atoms with Gasteiger partial charge in [-0.05, 0) is 62.9 Å². The van der Waals surface area contributed by atoms with Gasteiger partial charge in [-0.25, -0.2) is 15.0 Å². The van der Waals surface area contributed by atoms with Crippen LogP contribution in [0.15, 0.2) is 55.2 Å². The number of nitrogens with one attached hydrogen (secondary N) is 1. The molecule has 38 heavy (non-hydrogen) atoms. The van der Waals surface area contributed by atoms with E-state index in [2.05, 4.69) is 35.3 Å². The largest absolute Gasteiger partial charge is 0.359 e. The third kappa shape index (κ3) is 4.08. The Morgan fingerprint density at radius 2 is 1.97 bits per heavy atom. The SMILES string of the molecule is CNC(=O)C1CN(c2cccc(-c3nccn3C(C)C)n2)C(=O)c2cc(-n3cnc(C4CC4)c3)c(C)cc21. The number of benzene rings is 1. The van der Waals surface area contributed by atoms with Crippen molar-refractivity contribution < 1.29 is 9.59 Å². The molecule has 4 heterocycles. The maximum absolute atomic E-state index is 14.0. The van der Waals surface area contributed by atoms with E-state index in [1.807, 2.05) is 58.9 Å². The first-order valence-electron chi connectivity index (χ1n) is 13.1. The van der Waals surface area contributed by atoms with Crippen molar-refractivity contribution in [3.63, 3.8) is 0 Å². The van der Waals surface area contributed by atoms with Gasteiger partial charge in [0.25, 0.3) is 5.91 Å². The van der Waals surface area contributed by atoms with Gasteiger partial charge in [-0.15, -0.1) is 0 Å². The summed E-state index contributed by atoms with van der Waals surface area (Å²) >= 11 is 0. The van der Waals surface area contributed by atoms with Crippen molar-refractivity contribution in [2.45, 2.75) is 51.5 Å². The number of aromatic nitrogens is 5. The predicted molar refractivity (Wildman–Crippen MR) is 145 cm³/mol. The van der Waals surface area contributed by atoms with Crippen molar-refractivity contribution in [1.29, 1.82) is 0 Å². The second-order valence-electron chi connectivity index (χ2n) is 10.4. The molecule has 0 bridgehead atoms. The fourth-order valence-electron chi connectivity index (χ4n) is 5.26. The number of hydrogen-bond donors (Lipinski definition) is 1. The number of fused-ring (bicyclic) bond motifs is 1. The van der Waals surface area contributed by atoms with Crippen molar-refractivity contribution >= 4 is 17.6 Å². The number of anilines is 1. The molecule has 2 amide bonds. The van der Waals surface area contributed by atoms with Crippen LogP contribution in [-0.2, 0) is 4.79 Å². The second kappa shape index (κ2) is 9.24. The molecule has 1 fully saturated rings. The highest BCUT2D eigenvalue weighted by molar-refractivity contribution is 6.10. The molecule has 3 aromatic heterocycles. The number of nitrogens with zero attached hydrogens (tertiary/aromatic N) is 6. The van der Waals surface area contributed by atoms with Gasteiger partial charge in [0.2, 0.25) is 5.91 Å². The highest BCUT2D eigenvalue weighted by Crippen LogP contribution is 2.40. The van der Waals surface area contributed by atoms with Crippen LogP contribution in [0.3, 0.4) is 0 Å². The van der Waals surface area contributed by atoms with Crippen molar-refractivity contribution in [3.8, 4) is 17.2 Å². The van der Waals surface area contributed by atoms with Crippen molar-refractivity contribution in [2.75, 3.05) is 18.5 Å². The van der Waals surface area contributed by atoms with Gasteiger partial charge in [0, 0.05) is 49.7 Å². The first-order chi connectivity index (χ1) is 18.4. The molecule has 1 atom stereocenters. The van der Waals surface area contributed by atoms with E-state index in [4.69, 9.17) is 4.98 Å². The van der Waals surface area contributed by atoms with Crippen LogP contribution in [0.2, 0.25) is 0 Å². The molecule has 1 aliphatic heterocycles. The summed E-state index contributed by atoms with van der Waals surface area (Å²) in [7, 11) is 1.62. The number of carbonyl (C=O) groups is 2. The molecule has 1 unspecified atom stereocenters. The summed E-state index contributed by atoms with van der Waals surface area (Å²) in [5.41, 5.74) is 4.86. The summed E-state index contributed by atoms with van der Waals surface area (Å²) in [6.07, 6.45) is 9.88. The quantitative estimate of drug-likeness (QED) is 0.416. The molecule has 4 aromatic rings. The minimum atomic E-state index is -0.520. The Labute approximate surface area is 221 Å². The summed E-state index contributed by atoms with van der Waals surface area (Å²) in [5.74, 6) is 0.925. The van der Waals surface area contributed by atoms with Crippen LogP contribution in [0.1, 0.15) is 71.7 Å². The van der Waals surface area contributed by atoms with E-state index in [1.54, 1.807) is 18.1 Å². The van der Waals surface area contributed by atoms with Crippen molar-refractivity contribution in [3.05, 3.63) is 77.6 Å². The highest BCUT2D eigenvalue weighted by atomic mass is 16.2. The standard InChI is InChI=1S/C29H31N7O2/c1-17(2)35-11-10-31-27(35)23-6-5-7-26(33-23)36-14-22(28(37)30-4)20-12-18(3)25(13-21(20)29(36)38)34-15-24(32-16-34)19-8-9-19/h5-7,10-13,15-17,19,22H,8-9,14H2,1-4H3,(H,30,37). The van der Waals surface area contributed by atoms with Crippen LogP contribution in [-0.4, -0.2) is 49.5 Å². The van der Waals surface area contributed by atoms with E-state index in [9.17, 15) is 9.59 Å². The average molecular weight is 510 g/mol. The molecule has 9 heteroatoms. The van der Waals surface area contributed by atoms with Gasteiger partial charge in [-0.1, -0.05) is 12.1 Å². The first-order valence-corrected chi connectivity index (χ1v) is 13.1. The van der Waals surface area contributed by atoms with Crippen LogP contribution in [0, 0.1) is 6.92 Å². The summed E-state index contributed by atoms with van der Waals surface area (Å²) in [5, 5.41) is 2.78. The number of pyridine rings is 1. The fraction of sp³-hybridized carbons (Fsp3) is 0.345. The molecule has 2 aliphatic rings. The third-order valence-electron chi connectivity index (χ3n) is 7.49. The van der Waals surface area contributed by atoms with Gasteiger partial charge < -0.3 is 14.5 Å². The average Bonchev–Trinajstić information content (AvgIpc) is 3.43. The Kier molecular flexibility index (Phi) is 5.86. The topological polar surface area (TPSA) is 97.9 Å². The number of imidazole rings is 2. The normalized spacial score (nSPS) is 17.1. The lowest BCUT2D eigenvalue weighted by Crippen LogP contribution is -2.45. The number of rotatable bonds is 6. The van der Waals surface area contributed by atoms with E-state index >= 15 is 0 Å². The minimum absolute atomic E-state index is 0.138. The molecule has 1 aliphatic carbocycles. The minimum Gasteiger partial charge on any atom is -0.359 e. The monoisotopic (exact) mass is 509 g/mol. The van der Waals surface area contributed by atoms with Crippen LogP contribution in [0.25, 0.3) is 17.2 Å². The Morgan fingerprint density at radius 3 is 2.71 bits per heavy atom. The van der Waals surface area contributed by atoms with Crippen molar-refractivity contribution in [1.82, 2.24) is 29.4 Å². The maximum Gasteiger partial charge on any atom is 0.259 e. The summed E-state index contributed by atoms with van der Waals surface area (Å²) in [6, 6.07) is 9.65. The molecule has 194 valence electrons. The van der Waals surface area contributed by atoms with Gasteiger partial charge in [0.1, 0.15) is 11.5 Å². The zero-order valence-electron chi connectivity index (χ0n) is 22.0. The van der Waals surface area contributed by atoms with Gasteiger partial charge in [0.05, 0.1) is 23.6 Å². The molecular weight excluding hydrogens is 478 g/mol. The third-order valence-corrected chi connectivity index (χ3v) is 7.49. The van der Waals surface area contributed by atoms with E-state index in [-0.39, 0.29) is 24.4 Å². The number of hydrogen-bond acceptors (Lipinski definition) is 5. The summed E-state index contributed by atoms with van der Waals surface area (Å²) < 4.78 is 4.03. The van der Waals surface area contributed by atoms with Crippen LogP contribution >= 0.6 is 0 Å². The summed E-state index contributed by atoms with van der Waals surface area (Å²) in [4.78, 5) is 42.5. The number of aryl methyl sites for hydroxylation is 1. The van der Waals surface area contributed by atoms with Crippen LogP contribution in [0.4, 0.5) is 5.82 Å². The van der Waals surface area contributed by atoms with Gasteiger partial charge >= 0.3 is 0 Å². The Hall–Kier alpha value is -4.27. The van der Waals surface area contributed by atoms with E-state index in [0.29, 0.717) is 23.0 Å². The molecule has 1 aromatic carbocycles. The fourth-order valence-corrected chi connectivity index (χ4v) is 5.26. The highest BCUT2D eigenvalue weighted by Gasteiger charge is 2.37. The molecule has 9 nitrogen and oxygen atoms in total. The second-order valence-corrected chi connectivity index (χ2v) is 10.4. The molecule has 0 spiro atoms. The van der Waals surface area contributed by atoms with E-state index in [0.717, 1.165) is 28.3 Å². The summed E-state index contributed by atoms with van der Waals surface area (Å²) in [6.45, 7) is 6.38. The Morgan fingerprint density at radius 1 is 1.16 bits per heavy atom. The smallest absolute Gasteiger partial charge is 0.259 e. The van der Waals surface area contributed by atoms with Crippen LogP contribution in [0.5, 0.6) is 0 Å². The lowest BCUT2D eigenvalue weighted by atomic mass is 9.86. The lowest BCUT2D eigenvalue weighted by Gasteiger charge is -2.33. The molecule has 0 saturated heterocycles. The lowest BCUT2D eigenvalue weighted by molar-refractivity contribution is -0.121. The number of likely N-dealkylation sites (N-methyl/N-ethyl adjacent to an activating group) is 1. The molecule has 0 radical (unpaired) electrons. The molecule has 1 N–H and O–H groups in total. The molecule has 6 rings (SSSR count). The molecule has 1 saturated carbocycles. The van der Waals surface area contributed by atoms with Crippen LogP contribution < -0.4 is 10.2 Å². The van der Waals surface area contributed by atoms with Gasteiger partial charge in [-0.3, -0.25) is 14.5 Å². The first kappa shape index (κ1) is 24.1. The van der Waals surface area contributed by atoms with Gasteiger partial charge in [0.15, 0.2) is 5.82 Å². The predicted octanol–water partition coefficient (Wildman–Crippen LogP) is 4.39. The number of amides is 2. The zero-order valence-corrected chi connectivity index (χ0v) is 22.0. The number of carbonyl (C=O) groups excluding carboxylic acids is 2. The van der Waals surface area contributed by atoms with Gasteiger partial charge in [-0.2, -0.15) is 0 Å². The van der Waals surface area contributed by atoms with E-state index in [1.165, 1.54) is 12.8 Å². The Bertz CT molecular complexity index is 1550. The maximum atomic E-state index is 14.0. The zero-order chi connectivity index (χ0) is 26.6. The Balaban J connectivity index is 1.43.